The average Bonchev–Trinajstić information content (AvgIpc) is 3.06. The summed E-state index contributed by atoms with van der Waals surface area (Å²) in [6, 6.07) is 18.1. The van der Waals surface area contributed by atoms with Crippen LogP contribution in [0.5, 0.6) is 0 Å². The van der Waals surface area contributed by atoms with Crippen LogP contribution in [-0.2, 0) is 23.0 Å². The molecule has 0 amide bonds. The minimum absolute atomic E-state index is 0.132. The predicted octanol–water partition coefficient (Wildman–Crippen LogP) is 1.70. The van der Waals surface area contributed by atoms with E-state index in [1.54, 1.807) is 31.3 Å². The first-order chi connectivity index (χ1) is 14.3. The number of primary sulfonamides is 1. The Balaban J connectivity index is 1.45. The molecule has 162 valence electrons. The number of nitrogens with one attached hydrogen (secondary N) is 2. The topological polar surface area (TPSA) is 99.8 Å². The molecule has 0 aromatic heterocycles. The molecule has 2 aromatic rings. The van der Waals surface area contributed by atoms with Gasteiger partial charge in [0.1, 0.15) is 0 Å². The molecule has 1 aliphatic heterocycles. The van der Waals surface area contributed by atoms with E-state index in [1.807, 2.05) is 6.07 Å². The van der Waals surface area contributed by atoms with Gasteiger partial charge in [0.05, 0.1) is 4.90 Å². The van der Waals surface area contributed by atoms with Crippen molar-refractivity contribution in [3.63, 3.8) is 0 Å². The Kier molecular flexibility index (Phi) is 7.47. The van der Waals surface area contributed by atoms with Crippen LogP contribution in [0.1, 0.15) is 24.5 Å². The zero-order valence-electron chi connectivity index (χ0n) is 17.6. The minimum atomic E-state index is -3.65. The molecule has 1 heterocycles. The van der Waals surface area contributed by atoms with Crippen molar-refractivity contribution in [2.24, 2.45) is 10.1 Å². The van der Waals surface area contributed by atoms with Gasteiger partial charge in [-0.3, -0.25) is 9.89 Å². The van der Waals surface area contributed by atoms with Crippen molar-refractivity contribution in [3.8, 4) is 0 Å². The Morgan fingerprint density at radius 2 is 1.83 bits per heavy atom. The van der Waals surface area contributed by atoms with E-state index in [4.69, 9.17) is 5.14 Å². The molecule has 30 heavy (non-hydrogen) atoms. The van der Waals surface area contributed by atoms with E-state index in [2.05, 4.69) is 51.7 Å². The summed E-state index contributed by atoms with van der Waals surface area (Å²) in [4.78, 5) is 6.97. The third-order valence-electron chi connectivity index (χ3n) is 5.45. The first kappa shape index (κ1) is 22.3. The van der Waals surface area contributed by atoms with Gasteiger partial charge in [-0.1, -0.05) is 42.5 Å². The molecule has 0 spiro atoms. The van der Waals surface area contributed by atoms with Gasteiger partial charge in [-0.25, -0.2) is 13.6 Å². The summed E-state index contributed by atoms with van der Waals surface area (Å²) in [7, 11) is -1.87. The number of benzene rings is 2. The zero-order chi connectivity index (χ0) is 21.6. The second-order valence-corrected chi connectivity index (χ2v) is 9.34. The minimum Gasteiger partial charge on any atom is -0.356 e. The first-order valence-electron chi connectivity index (χ1n) is 10.2. The van der Waals surface area contributed by atoms with E-state index < -0.39 is 10.0 Å². The van der Waals surface area contributed by atoms with Crippen LogP contribution < -0.4 is 15.8 Å². The Morgan fingerprint density at radius 1 is 1.13 bits per heavy atom. The molecule has 0 saturated carbocycles. The van der Waals surface area contributed by atoms with Gasteiger partial charge in [-0.15, -0.1) is 0 Å². The number of guanidine groups is 1. The molecule has 3 rings (SSSR count). The van der Waals surface area contributed by atoms with Crippen LogP contribution in [0, 0.1) is 0 Å². The molecule has 2 unspecified atom stereocenters. The van der Waals surface area contributed by atoms with Gasteiger partial charge in [-0.05, 0) is 43.0 Å². The second-order valence-electron chi connectivity index (χ2n) is 7.78. The molecular formula is C22H31N5O2S. The standard InChI is InChI=1S/C22H31N5O2S/c1-17-14-20(16-27(17)15-19-6-4-3-5-7-19)26-22(24-2)25-13-12-18-8-10-21(11-9-18)30(23,28)29/h3-11,17,20H,12-16H2,1-2H3,(H2,23,28,29)(H2,24,25,26). The summed E-state index contributed by atoms with van der Waals surface area (Å²) in [5, 5.41) is 12.0. The van der Waals surface area contributed by atoms with Gasteiger partial charge in [0.25, 0.3) is 0 Å². The van der Waals surface area contributed by atoms with E-state index in [0.717, 1.165) is 37.5 Å². The number of hydrogen-bond donors (Lipinski definition) is 3. The number of nitrogens with zero attached hydrogens (tertiary/aromatic N) is 2. The Bertz CT molecular complexity index is 945. The van der Waals surface area contributed by atoms with Crippen molar-refractivity contribution in [1.82, 2.24) is 15.5 Å². The van der Waals surface area contributed by atoms with Crippen LogP contribution in [0.3, 0.4) is 0 Å². The third-order valence-corrected chi connectivity index (χ3v) is 6.38. The lowest BCUT2D eigenvalue weighted by molar-refractivity contribution is 0.258. The number of hydrogen-bond acceptors (Lipinski definition) is 4. The highest BCUT2D eigenvalue weighted by Gasteiger charge is 2.29. The molecule has 2 atom stereocenters. The number of likely N-dealkylation sites (tertiary alicyclic amines) is 1. The monoisotopic (exact) mass is 429 g/mol. The summed E-state index contributed by atoms with van der Waals surface area (Å²) >= 11 is 0. The van der Waals surface area contributed by atoms with Crippen molar-refractivity contribution >= 4 is 16.0 Å². The summed E-state index contributed by atoms with van der Waals surface area (Å²) in [6.45, 7) is 4.91. The van der Waals surface area contributed by atoms with Gasteiger partial charge in [0.2, 0.25) is 10.0 Å². The zero-order valence-corrected chi connectivity index (χ0v) is 18.4. The molecule has 1 fully saturated rings. The Hall–Kier alpha value is -2.42. The number of rotatable bonds is 7. The largest absolute Gasteiger partial charge is 0.356 e. The van der Waals surface area contributed by atoms with Crippen molar-refractivity contribution in [2.75, 3.05) is 20.1 Å². The number of aliphatic imine (C=N–C) groups is 1. The maximum absolute atomic E-state index is 11.3. The number of nitrogens with two attached hydrogens (primary N) is 1. The molecule has 2 aromatic carbocycles. The van der Waals surface area contributed by atoms with E-state index in [1.165, 1.54) is 5.56 Å². The lowest BCUT2D eigenvalue weighted by Gasteiger charge is -2.21. The summed E-state index contributed by atoms with van der Waals surface area (Å²) in [5.74, 6) is 0.787. The fourth-order valence-electron chi connectivity index (χ4n) is 3.80. The first-order valence-corrected chi connectivity index (χ1v) is 11.8. The van der Waals surface area contributed by atoms with Crippen LogP contribution in [0.25, 0.3) is 0 Å². The van der Waals surface area contributed by atoms with Crippen molar-refractivity contribution in [1.29, 1.82) is 0 Å². The fourth-order valence-corrected chi connectivity index (χ4v) is 4.32. The molecule has 0 aliphatic carbocycles. The molecule has 7 nitrogen and oxygen atoms in total. The number of sulfonamides is 1. The van der Waals surface area contributed by atoms with Gasteiger partial charge < -0.3 is 10.6 Å². The summed E-state index contributed by atoms with van der Waals surface area (Å²) in [5.41, 5.74) is 2.37. The van der Waals surface area contributed by atoms with Crippen molar-refractivity contribution in [2.45, 2.75) is 43.3 Å². The average molecular weight is 430 g/mol. The molecule has 0 bridgehead atoms. The Morgan fingerprint density at radius 3 is 2.47 bits per heavy atom. The van der Waals surface area contributed by atoms with Crippen molar-refractivity contribution < 1.29 is 8.42 Å². The highest BCUT2D eigenvalue weighted by atomic mass is 32.2. The fraction of sp³-hybridized carbons (Fsp3) is 0.409. The Labute approximate surface area is 179 Å². The van der Waals surface area contributed by atoms with E-state index in [-0.39, 0.29) is 4.90 Å². The van der Waals surface area contributed by atoms with Crippen molar-refractivity contribution in [3.05, 3.63) is 65.7 Å². The van der Waals surface area contributed by atoms with E-state index >= 15 is 0 Å². The highest BCUT2D eigenvalue weighted by molar-refractivity contribution is 7.89. The summed E-state index contributed by atoms with van der Waals surface area (Å²) < 4.78 is 22.7. The quantitative estimate of drug-likeness (QED) is 0.460. The molecular weight excluding hydrogens is 398 g/mol. The molecule has 4 N–H and O–H groups in total. The lowest BCUT2D eigenvalue weighted by atomic mass is 10.1. The highest BCUT2D eigenvalue weighted by Crippen LogP contribution is 2.20. The second kappa shape index (κ2) is 10.1. The van der Waals surface area contributed by atoms with Crippen LogP contribution >= 0.6 is 0 Å². The van der Waals surface area contributed by atoms with Crippen LogP contribution in [-0.4, -0.2) is 51.5 Å². The molecule has 1 saturated heterocycles. The van der Waals surface area contributed by atoms with Crippen LogP contribution in [0.4, 0.5) is 0 Å². The lowest BCUT2D eigenvalue weighted by Crippen LogP contribution is -2.45. The van der Waals surface area contributed by atoms with Gasteiger partial charge in [0.15, 0.2) is 5.96 Å². The molecule has 8 heteroatoms. The smallest absolute Gasteiger partial charge is 0.238 e. The SMILES string of the molecule is CN=C(NCCc1ccc(S(N)(=O)=O)cc1)NC1CC(C)N(Cc2ccccc2)C1. The van der Waals surface area contributed by atoms with Crippen LogP contribution in [0.2, 0.25) is 0 Å². The normalized spacial score (nSPS) is 20.3. The van der Waals surface area contributed by atoms with Gasteiger partial charge in [0, 0.05) is 38.8 Å². The maximum Gasteiger partial charge on any atom is 0.238 e. The third kappa shape index (κ3) is 6.29. The van der Waals surface area contributed by atoms with E-state index in [9.17, 15) is 8.42 Å². The summed E-state index contributed by atoms with van der Waals surface area (Å²) in [6.07, 6.45) is 1.83. The molecule has 0 radical (unpaired) electrons. The maximum atomic E-state index is 11.3. The van der Waals surface area contributed by atoms with E-state index in [0.29, 0.717) is 18.6 Å². The van der Waals surface area contributed by atoms with Gasteiger partial charge in [-0.2, -0.15) is 0 Å². The molecule has 1 aliphatic rings. The van der Waals surface area contributed by atoms with Gasteiger partial charge >= 0.3 is 0 Å². The predicted molar refractivity (Wildman–Crippen MR) is 121 cm³/mol. The van der Waals surface area contributed by atoms with Crippen LogP contribution in [0.15, 0.2) is 64.5 Å².